The van der Waals surface area contributed by atoms with Crippen LogP contribution in [0.4, 0.5) is 0 Å². The van der Waals surface area contributed by atoms with Crippen LogP contribution in [-0.4, -0.2) is 13.6 Å². The summed E-state index contributed by atoms with van der Waals surface area (Å²) in [6, 6.07) is 8.76. The highest BCUT2D eigenvalue weighted by molar-refractivity contribution is 9.10. The molecule has 1 aromatic carbocycles. The van der Waals surface area contributed by atoms with E-state index < -0.39 is 0 Å². The molecule has 1 saturated carbocycles. The first-order valence-electron chi connectivity index (χ1n) is 6.68. The van der Waals surface area contributed by atoms with Gasteiger partial charge in [0.25, 0.3) is 0 Å². The standard InChI is InChI=1S/C15H22BrN/c1-17-11-14(13-6-2-3-7-13)9-12-5-4-8-15(16)10-12/h4-5,8,10,13-14,17H,2-3,6-7,9,11H2,1H3. The number of hydrogen-bond acceptors (Lipinski definition) is 1. The zero-order chi connectivity index (χ0) is 12.1. The van der Waals surface area contributed by atoms with E-state index in [2.05, 4.69) is 52.6 Å². The predicted octanol–water partition coefficient (Wildman–Crippen LogP) is 4.02. The molecular formula is C15H22BrN. The fourth-order valence-electron chi connectivity index (χ4n) is 3.06. The Balaban J connectivity index is 2.01. The molecule has 0 amide bonds. The van der Waals surface area contributed by atoms with Crippen molar-refractivity contribution in [2.45, 2.75) is 32.1 Å². The molecule has 0 aromatic heterocycles. The lowest BCUT2D eigenvalue weighted by Gasteiger charge is -2.23. The number of halogens is 1. The Kier molecular flexibility index (Phi) is 5.05. The van der Waals surface area contributed by atoms with Gasteiger partial charge in [0.15, 0.2) is 0 Å². The van der Waals surface area contributed by atoms with E-state index >= 15 is 0 Å². The van der Waals surface area contributed by atoms with Crippen molar-refractivity contribution in [2.24, 2.45) is 11.8 Å². The van der Waals surface area contributed by atoms with Gasteiger partial charge in [0, 0.05) is 4.47 Å². The number of nitrogens with one attached hydrogen (secondary N) is 1. The van der Waals surface area contributed by atoms with E-state index in [1.807, 2.05) is 0 Å². The maximum absolute atomic E-state index is 3.56. The fraction of sp³-hybridized carbons (Fsp3) is 0.600. The first-order chi connectivity index (χ1) is 8.29. The summed E-state index contributed by atoms with van der Waals surface area (Å²) < 4.78 is 1.20. The van der Waals surface area contributed by atoms with Crippen LogP contribution in [0.5, 0.6) is 0 Å². The first-order valence-corrected chi connectivity index (χ1v) is 7.48. The first kappa shape index (κ1) is 13.1. The Hall–Kier alpha value is -0.340. The van der Waals surface area contributed by atoms with E-state index in [1.54, 1.807) is 0 Å². The molecule has 1 N–H and O–H groups in total. The molecule has 1 atom stereocenters. The molecule has 1 unspecified atom stereocenters. The van der Waals surface area contributed by atoms with Crippen LogP contribution >= 0.6 is 15.9 Å². The van der Waals surface area contributed by atoms with Gasteiger partial charge in [-0.15, -0.1) is 0 Å². The van der Waals surface area contributed by atoms with Crippen LogP contribution in [0, 0.1) is 11.8 Å². The topological polar surface area (TPSA) is 12.0 Å². The van der Waals surface area contributed by atoms with Crippen LogP contribution in [0.2, 0.25) is 0 Å². The monoisotopic (exact) mass is 295 g/mol. The van der Waals surface area contributed by atoms with Crippen molar-refractivity contribution in [2.75, 3.05) is 13.6 Å². The second-order valence-corrected chi connectivity index (χ2v) is 6.11. The summed E-state index contributed by atoms with van der Waals surface area (Å²) in [5.74, 6) is 1.73. The van der Waals surface area contributed by atoms with E-state index in [1.165, 1.54) is 42.1 Å². The molecule has 1 nitrogen and oxygen atoms in total. The SMILES string of the molecule is CNCC(Cc1cccc(Br)c1)C1CCCC1. The largest absolute Gasteiger partial charge is 0.319 e. The van der Waals surface area contributed by atoms with E-state index in [-0.39, 0.29) is 0 Å². The van der Waals surface area contributed by atoms with Gasteiger partial charge < -0.3 is 5.32 Å². The van der Waals surface area contributed by atoms with Gasteiger partial charge in [-0.2, -0.15) is 0 Å². The zero-order valence-electron chi connectivity index (χ0n) is 10.6. The molecule has 1 aliphatic rings. The van der Waals surface area contributed by atoms with Crippen molar-refractivity contribution < 1.29 is 0 Å². The Labute approximate surface area is 113 Å². The van der Waals surface area contributed by atoms with Crippen LogP contribution in [-0.2, 0) is 6.42 Å². The Morgan fingerprint density at radius 1 is 1.35 bits per heavy atom. The predicted molar refractivity (Wildman–Crippen MR) is 77.2 cm³/mol. The minimum absolute atomic E-state index is 0.803. The Morgan fingerprint density at radius 2 is 2.12 bits per heavy atom. The minimum atomic E-state index is 0.803. The summed E-state index contributed by atoms with van der Waals surface area (Å²) in [5, 5.41) is 3.37. The Morgan fingerprint density at radius 3 is 2.76 bits per heavy atom. The molecule has 2 heteroatoms. The number of rotatable bonds is 5. The van der Waals surface area contributed by atoms with Crippen molar-refractivity contribution in [3.8, 4) is 0 Å². The fourth-order valence-corrected chi connectivity index (χ4v) is 3.51. The maximum Gasteiger partial charge on any atom is 0.0177 e. The molecule has 2 rings (SSSR count). The lowest BCUT2D eigenvalue weighted by Crippen LogP contribution is -2.26. The summed E-state index contributed by atoms with van der Waals surface area (Å²) in [7, 11) is 2.07. The molecule has 0 heterocycles. The van der Waals surface area contributed by atoms with Gasteiger partial charge >= 0.3 is 0 Å². The van der Waals surface area contributed by atoms with Gasteiger partial charge in [0.2, 0.25) is 0 Å². The van der Waals surface area contributed by atoms with Crippen LogP contribution in [0.1, 0.15) is 31.2 Å². The molecule has 17 heavy (non-hydrogen) atoms. The molecule has 0 spiro atoms. The number of hydrogen-bond donors (Lipinski definition) is 1. The third-order valence-corrected chi connectivity index (χ3v) is 4.41. The van der Waals surface area contributed by atoms with Gasteiger partial charge in [0.1, 0.15) is 0 Å². The van der Waals surface area contributed by atoms with E-state index in [9.17, 15) is 0 Å². The second-order valence-electron chi connectivity index (χ2n) is 5.20. The van der Waals surface area contributed by atoms with Gasteiger partial charge in [-0.05, 0) is 49.5 Å². The smallest absolute Gasteiger partial charge is 0.0177 e. The van der Waals surface area contributed by atoms with Gasteiger partial charge in [-0.1, -0.05) is 53.7 Å². The second kappa shape index (κ2) is 6.55. The van der Waals surface area contributed by atoms with E-state index in [0.717, 1.165) is 18.4 Å². The quantitative estimate of drug-likeness (QED) is 0.865. The maximum atomic E-state index is 3.56. The van der Waals surface area contributed by atoms with Crippen molar-refractivity contribution in [3.05, 3.63) is 34.3 Å². The van der Waals surface area contributed by atoms with Gasteiger partial charge in [-0.25, -0.2) is 0 Å². The molecule has 0 radical (unpaired) electrons. The van der Waals surface area contributed by atoms with Crippen LogP contribution in [0.3, 0.4) is 0 Å². The molecule has 0 bridgehead atoms. The van der Waals surface area contributed by atoms with Crippen molar-refractivity contribution in [1.82, 2.24) is 5.32 Å². The van der Waals surface area contributed by atoms with Crippen molar-refractivity contribution in [1.29, 1.82) is 0 Å². The third kappa shape index (κ3) is 3.82. The molecule has 1 fully saturated rings. The van der Waals surface area contributed by atoms with Crippen molar-refractivity contribution in [3.63, 3.8) is 0 Å². The summed E-state index contributed by atoms with van der Waals surface area (Å²) in [6.45, 7) is 1.15. The van der Waals surface area contributed by atoms with E-state index in [0.29, 0.717) is 0 Å². The minimum Gasteiger partial charge on any atom is -0.319 e. The summed E-state index contributed by atoms with van der Waals surface area (Å²) in [4.78, 5) is 0. The lowest BCUT2D eigenvalue weighted by molar-refractivity contribution is 0.328. The average Bonchev–Trinajstić information content (AvgIpc) is 2.82. The average molecular weight is 296 g/mol. The summed E-state index contributed by atoms with van der Waals surface area (Å²) >= 11 is 3.56. The highest BCUT2D eigenvalue weighted by Gasteiger charge is 2.24. The molecule has 1 aromatic rings. The molecule has 0 aliphatic heterocycles. The van der Waals surface area contributed by atoms with E-state index in [4.69, 9.17) is 0 Å². The van der Waals surface area contributed by atoms with Crippen molar-refractivity contribution >= 4 is 15.9 Å². The highest BCUT2D eigenvalue weighted by atomic mass is 79.9. The Bertz CT molecular complexity index is 345. The zero-order valence-corrected chi connectivity index (χ0v) is 12.2. The summed E-state index contributed by atoms with van der Waals surface area (Å²) in [5.41, 5.74) is 1.46. The molecular weight excluding hydrogens is 274 g/mol. The van der Waals surface area contributed by atoms with Crippen LogP contribution in [0.25, 0.3) is 0 Å². The van der Waals surface area contributed by atoms with Crippen LogP contribution in [0.15, 0.2) is 28.7 Å². The molecule has 1 aliphatic carbocycles. The normalized spacial score (nSPS) is 18.5. The lowest BCUT2D eigenvalue weighted by atomic mass is 9.85. The number of benzene rings is 1. The third-order valence-electron chi connectivity index (χ3n) is 3.92. The summed E-state index contributed by atoms with van der Waals surface area (Å²) in [6.07, 6.45) is 6.94. The van der Waals surface area contributed by atoms with Gasteiger partial charge in [0.05, 0.1) is 0 Å². The molecule has 94 valence electrons. The highest BCUT2D eigenvalue weighted by Crippen LogP contribution is 2.33. The molecule has 0 saturated heterocycles. The van der Waals surface area contributed by atoms with Crippen LogP contribution < -0.4 is 5.32 Å². The van der Waals surface area contributed by atoms with Gasteiger partial charge in [-0.3, -0.25) is 0 Å².